The summed E-state index contributed by atoms with van der Waals surface area (Å²) >= 11 is 0. The van der Waals surface area contributed by atoms with Crippen LogP contribution in [0.2, 0.25) is 0 Å². The van der Waals surface area contributed by atoms with Crippen LogP contribution in [0.15, 0.2) is 55.0 Å². The van der Waals surface area contributed by atoms with Gasteiger partial charge in [-0.05, 0) is 48.1 Å². The zero-order valence-corrected chi connectivity index (χ0v) is 14.3. The summed E-state index contributed by atoms with van der Waals surface area (Å²) in [6.45, 7) is 0. The maximum atomic E-state index is 13.4. The standard InChI is InChI=1S/C21H15FN4O/c22-17-7-5-14(6-8-17)19-10-26-21(23-12-24-26)25-20(19)15-3-4-16(11-27)18(9-15)13-1-2-13/h3-13H,1-2H2. The average Bonchev–Trinajstić information content (AvgIpc) is 3.45. The number of hydrogen-bond donors (Lipinski definition) is 0. The summed E-state index contributed by atoms with van der Waals surface area (Å²) in [5, 5.41) is 4.16. The Morgan fingerprint density at radius 1 is 1.07 bits per heavy atom. The van der Waals surface area contributed by atoms with E-state index in [1.165, 1.54) is 18.5 Å². The minimum Gasteiger partial charge on any atom is -0.298 e. The third-order valence-electron chi connectivity index (χ3n) is 4.93. The van der Waals surface area contributed by atoms with Crippen LogP contribution in [0, 0.1) is 5.82 Å². The molecule has 1 aliphatic rings. The van der Waals surface area contributed by atoms with Crippen molar-refractivity contribution in [2.45, 2.75) is 18.8 Å². The summed E-state index contributed by atoms with van der Waals surface area (Å²) in [5.74, 6) is 0.640. The second kappa shape index (κ2) is 6.09. The highest BCUT2D eigenvalue weighted by Gasteiger charge is 2.27. The Hall–Kier alpha value is -3.41. The number of benzene rings is 2. The Bertz CT molecular complexity index is 1160. The van der Waals surface area contributed by atoms with Crippen molar-refractivity contribution >= 4 is 12.1 Å². The number of halogens is 1. The minimum absolute atomic E-state index is 0.290. The van der Waals surface area contributed by atoms with Gasteiger partial charge in [-0.1, -0.05) is 24.3 Å². The molecule has 0 saturated heterocycles. The SMILES string of the molecule is O=Cc1ccc(-c2nc3ncnn3cc2-c2ccc(F)cc2)cc1C1CC1. The molecular formula is C21H15FN4O. The lowest BCUT2D eigenvalue weighted by Crippen LogP contribution is -1.99. The zero-order valence-electron chi connectivity index (χ0n) is 14.3. The van der Waals surface area contributed by atoms with Crippen LogP contribution in [0.1, 0.15) is 34.7 Å². The molecule has 0 bridgehead atoms. The molecule has 1 aliphatic carbocycles. The van der Waals surface area contributed by atoms with Crippen molar-refractivity contribution < 1.29 is 9.18 Å². The largest absolute Gasteiger partial charge is 0.298 e. The van der Waals surface area contributed by atoms with Crippen LogP contribution in [-0.2, 0) is 0 Å². The molecule has 0 aliphatic heterocycles. The maximum absolute atomic E-state index is 13.4. The lowest BCUT2D eigenvalue weighted by Gasteiger charge is -2.12. The molecule has 132 valence electrons. The van der Waals surface area contributed by atoms with E-state index in [4.69, 9.17) is 0 Å². The van der Waals surface area contributed by atoms with Gasteiger partial charge in [0.25, 0.3) is 5.78 Å². The number of aromatic nitrogens is 4. The summed E-state index contributed by atoms with van der Waals surface area (Å²) in [6.07, 6.45) is 6.42. The van der Waals surface area contributed by atoms with Crippen molar-refractivity contribution in [3.63, 3.8) is 0 Å². The van der Waals surface area contributed by atoms with E-state index in [0.29, 0.717) is 11.7 Å². The fourth-order valence-electron chi connectivity index (χ4n) is 3.40. The third-order valence-corrected chi connectivity index (χ3v) is 4.93. The smallest absolute Gasteiger partial charge is 0.252 e. The fraction of sp³-hybridized carbons (Fsp3) is 0.143. The molecule has 0 radical (unpaired) electrons. The lowest BCUT2D eigenvalue weighted by atomic mass is 9.96. The first-order valence-electron chi connectivity index (χ1n) is 8.79. The first-order chi connectivity index (χ1) is 13.2. The quantitative estimate of drug-likeness (QED) is 0.511. The minimum atomic E-state index is -0.290. The molecule has 2 heterocycles. The first kappa shape index (κ1) is 15.8. The average molecular weight is 358 g/mol. The van der Waals surface area contributed by atoms with E-state index in [9.17, 15) is 9.18 Å². The monoisotopic (exact) mass is 358 g/mol. The molecule has 0 unspecified atom stereocenters. The van der Waals surface area contributed by atoms with Crippen LogP contribution in [0.4, 0.5) is 4.39 Å². The van der Waals surface area contributed by atoms with E-state index in [2.05, 4.69) is 15.1 Å². The Labute approximate surface area is 154 Å². The molecule has 0 amide bonds. The van der Waals surface area contributed by atoms with Crippen molar-refractivity contribution in [1.29, 1.82) is 0 Å². The number of nitrogens with zero attached hydrogens (tertiary/aromatic N) is 4. The second-order valence-corrected chi connectivity index (χ2v) is 6.75. The number of fused-ring (bicyclic) bond motifs is 1. The molecule has 27 heavy (non-hydrogen) atoms. The van der Waals surface area contributed by atoms with Gasteiger partial charge in [0.05, 0.1) is 5.69 Å². The van der Waals surface area contributed by atoms with Gasteiger partial charge in [-0.25, -0.2) is 13.9 Å². The summed E-state index contributed by atoms with van der Waals surface area (Å²) in [4.78, 5) is 20.3. The Morgan fingerprint density at radius 3 is 2.59 bits per heavy atom. The molecular weight excluding hydrogens is 343 g/mol. The van der Waals surface area contributed by atoms with Gasteiger partial charge in [0.2, 0.25) is 0 Å². The van der Waals surface area contributed by atoms with Crippen molar-refractivity contribution in [2.24, 2.45) is 0 Å². The molecule has 5 nitrogen and oxygen atoms in total. The van der Waals surface area contributed by atoms with Gasteiger partial charge in [0.15, 0.2) is 0 Å². The van der Waals surface area contributed by atoms with Crippen molar-refractivity contribution in [3.8, 4) is 22.4 Å². The molecule has 2 aromatic carbocycles. The van der Waals surface area contributed by atoms with Crippen molar-refractivity contribution in [2.75, 3.05) is 0 Å². The highest BCUT2D eigenvalue weighted by molar-refractivity contribution is 5.84. The molecule has 0 spiro atoms. The lowest BCUT2D eigenvalue weighted by molar-refractivity contribution is 0.112. The molecule has 1 fully saturated rings. The van der Waals surface area contributed by atoms with E-state index < -0.39 is 0 Å². The van der Waals surface area contributed by atoms with Crippen molar-refractivity contribution in [1.82, 2.24) is 19.6 Å². The van der Waals surface area contributed by atoms with Crippen LogP contribution in [0.5, 0.6) is 0 Å². The maximum Gasteiger partial charge on any atom is 0.252 e. The molecule has 4 aromatic rings. The summed E-state index contributed by atoms with van der Waals surface area (Å²) < 4.78 is 15.0. The van der Waals surface area contributed by atoms with Gasteiger partial charge in [-0.3, -0.25) is 4.79 Å². The van der Waals surface area contributed by atoms with Crippen LogP contribution in [0.3, 0.4) is 0 Å². The van der Waals surface area contributed by atoms with E-state index in [0.717, 1.165) is 52.6 Å². The van der Waals surface area contributed by atoms with Gasteiger partial charge in [-0.2, -0.15) is 10.1 Å². The summed E-state index contributed by atoms with van der Waals surface area (Å²) in [6, 6.07) is 12.1. The molecule has 6 heteroatoms. The number of rotatable bonds is 4. The predicted molar refractivity (Wildman–Crippen MR) is 99.0 cm³/mol. The Morgan fingerprint density at radius 2 is 1.85 bits per heavy atom. The van der Waals surface area contributed by atoms with E-state index in [-0.39, 0.29) is 5.82 Å². The molecule has 0 atom stereocenters. The highest BCUT2D eigenvalue weighted by Crippen LogP contribution is 2.43. The first-order valence-corrected chi connectivity index (χ1v) is 8.79. The molecule has 1 saturated carbocycles. The van der Waals surface area contributed by atoms with Crippen LogP contribution >= 0.6 is 0 Å². The summed E-state index contributed by atoms with van der Waals surface area (Å²) in [7, 11) is 0. The Balaban J connectivity index is 1.74. The van der Waals surface area contributed by atoms with E-state index in [1.807, 2.05) is 24.4 Å². The molecule has 5 rings (SSSR count). The van der Waals surface area contributed by atoms with Gasteiger partial charge in [-0.15, -0.1) is 0 Å². The summed E-state index contributed by atoms with van der Waals surface area (Å²) in [5.41, 5.74) is 5.11. The van der Waals surface area contributed by atoms with Crippen LogP contribution in [-0.4, -0.2) is 25.9 Å². The normalized spacial score (nSPS) is 13.8. The third kappa shape index (κ3) is 2.79. The highest BCUT2D eigenvalue weighted by atomic mass is 19.1. The van der Waals surface area contributed by atoms with Crippen LogP contribution in [0.25, 0.3) is 28.2 Å². The van der Waals surface area contributed by atoms with Crippen LogP contribution < -0.4 is 0 Å². The van der Waals surface area contributed by atoms with E-state index >= 15 is 0 Å². The number of aldehydes is 1. The number of hydrogen-bond acceptors (Lipinski definition) is 4. The number of carbonyl (C=O) groups is 1. The fourth-order valence-corrected chi connectivity index (χ4v) is 3.40. The zero-order chi connectivity index (χ0) is 18.4. The van der Waals surface area contributed by atoms with Gasteiger partial charge in [0.1, 0.15) is 18.4 Å². The topological polar surface area (TPSA) is 60.2 Å². The number of carbonyl (C=O) groups excluding carboxylic acids is 1. The van der Waals surface area contributed by atoms with Gasteiger partial charge in [0, 0.05) is 22.9 Å². The second-order valence-electron chi connectivity index (χ2n) is 6.75. The molecule has 2 aromatic heterocycles. The van der Waals surface area contributed by atoms with Crippen molar-refractivity contribution in [3.05, 3.63) is 71.9 Å². The molecule has 0 N–H and O–H groups in total. The Kier molecular flexibility index (Phi) is 3.57. The predicted octanol–water partition coefficient (Wildman–Crippen LogP) is 4.29. The van der Waals surface area contributed by atoms with Gasteiger partial charge >= 0.3 is 0 Å². The van der Waals surface area contributed by atoms with Gasteiger partial charge < -0.3 is 0 Å². The van der Waals surface area contributed by atoms with E-state index in [1.54, 1.807) is 16.6 Å².